The molecule has 0 unspecified atom stereocenters. The standard InChI is InChI=1S/C16H19F2N3O2/c1-4-20-9-21(8-14(20)22)16(23)19-15(10(2)3)11-5-6-12(17)13(18)7-11/h5-7,15H,2,4,8-9H2,1,3H3,(H,19,23)/t15-/m0/s1. The Morgan fingerprint density at radius 2 is 2.09 bits per heavy atom. The molecule has 1 aromatic rings. The number of halogens is 2. The van der Waals surface area contributed by atoms with Crippen LogP contribution >= 0.6 is 0 Å². The number of carbonyl (C=O) groups excluding carboxylic acids is 2. The van der Waals surface area contributed by atoms with E-state index in [0.717, 1.165) is 12.1 Å². The molecule has 1 saturated heterocycles. The second-order valence-electron chi connectivity index (χ2n) is 5.49. The van der Waals surface area contributed by atoms with Crippen molar-refractivity contribution in [3.05, 3.63) is 47.5 Å². The molecular weight excluding hydrogens is 304 g/mol. The molecule has 1 heterocycles. The summed E-state index contributed by atoms with van der Waals surface area (Å²) in [6, 6.07) is 2.31. The summed E-state index contributed by atoms with van der Waals surface area (Å²) in [5, 5.41) is 2.71. The van der Waals surface area contributed by atoms with E-state index < -0.39 is 23.7 Å². The van der Waals surface area contributed by atoms with Crippen molar-refractivity contribution < 1.29 is 18.4 Å². The SMILES string of the molecule is C=C(C)[C@H](NC(=O)N1CC(=O)N(CC)C1)c1ccc(F)c(F)c1. The normalized spacial score (nSPS) is 15.7. The summed E-state index contributed by atoms with van der Waals surface area (Å²) < 4.78 is 26.5. The van der Waals surface area contributed by atoms with Gasteiger partial charge in [-0.2, -0.15) is 0 Å². The van der Waals surface area contributed by atoms with Crippen LogP contribution in [0.15, 0.2) is 30.4 Å². The minimum Gasteiger partial charge on any atom is -0.327 e. The zero-order chi connectivity index (χ0) is 17.1. The van der Waals surface area contributed by atoms with Crippen molar-refractivity contribution in [1.82, 2.24) is 15.1 Å². The van der Waals surface area contributed by atoms with Gasteiger partial charge < -0.3 is 10.2 Å². The molecule has 1 fully saturated rings. The lowest BCUT2D eigenvalue weighted by molar-refractivity contribution is -0.126. The predicted molar refractivity (Wildman–Crippen MR) is 81.4 cm³/mol. The molecule has 1 aromatic carbocycles. The van der Waals surface area contributed by atoms with Crippen molar-refractivity contribution in [3.8, 4) is 0 Å². The van der Waals surface area contributed by atoms with Gasteiger partial charge in [0.25, 0.3) is 0 Å². The van der Waals surface area contributed by atoms with E-state index in [1.54, 1.807) is 11.8 Å². The number of rotatable bonds is 4. The first kappa shape index (κ1) is 16.9. The third-order valence-electron chi connectivity index (χ3n) is 3.73. The van der Waals surface area contributed by atoms with Gasteiger partial charge in [0, 0.05) is 6.54 Å². The monoisotopic (exact) mass is 323 g/mol. The van der Waals surface area contributed by atoms with Crippen LogP contribution in [0.3, 0.4) is 0 Å². The van der Waals surface area contributed by atoms with Crippen LogP contribution in [0.25, 0.3) is 0 Å². The zero-order valence-electron chi connectivity index (χ0n) is 13.1. The van der Waals surface area contributed by atoms with Crippen molar-refractivity contribution in [2.75, 3.05) is 19.8 Å². The van der Waals surface area contributed by atoms with Crippen LogP contribution in [-0.4, -0.2) is 41.5 Å². The van der Waals surface area contributed by atoms with Gasteiger partial charge in [0.15, 0.2) is 11.6 Å². The second-order valence-corrected chi connectivity index (χ2v) is 5.49. The molecule has 0 radical (unpaired) electrons. The lowest BCUT2D eigenvalue weighted by atomic mass is 10.0. The maximum atomic E-state index is 13.4. The Hall–Kier alpha value is -2.44. The van der Waals surface area contributed by atoms with E-state index in [-0.39, 0.29) is 19.1 Å². The van der Waals surface area contributed by atoms with Crippen LogP contribution in [0.2, 0.25) is 0 Å². The van der Waals surface area contributed by atoms with Crippen LogP contribution in [0.5, 0.6) is 0 Å². The van der Waals surface area contributed by atoms with Gasteiger partial charge in [-0.15, -0.1) is 0 Å². The Balaban J connectivity index is 2.14. The Kier molecular flexibility index (Phi) is 4.98. The van der Waals surface area contributed by atoms with Crippen LogP contribution in [0.4, 0.5) is 13.6 Å². The quantitative estimate of drug-likeness (QED) is 0.865. The van der Waals surface area contributed by atoms with Crippen molar-refractivity contribution in [2.45, 2.75) is 19.9 Å². The fourth-order valence-electron chi connectivity index (χ4n) is 2.41. The lowest BCUT2D eigenvalue weighted by Crippen LogP contribution is -2.41. The number of carbonyl (C=O) groups is 2. The van der Waals surface area contributed by atoms with Gasteiger partial charge in [-0.3, -0.25) is 9.69 Å². The first-order valence-electron chi connectivity index (χ1n) is 7.27. The van der Waals surface area contributed by atoms with Gasteiger partial charge in [-0.05, 0) is 31.5 Å². The van der Waals surface area contributed by atoms with Gasteiger partial charge >= 0.3 is 6.03 Å². The van der Waals surface area contributed by atoms with Crippen LogP contribution < -0.4 is 5.32 Å². The maximum Gasteiger partial charge on any atom is 0.320 e. The molecule has 0 spiro atoms. The van der Waals surface area contributed by atoms with Gasteiger partial charge in [0.05, 0.1) is 12.7 Å². The van der Waals surface area contributed by atoms with E-state index in [9.17, 15) is 18.4 Å². The number of amides is 3. The highest BCUT2D eigenvalue weighted by molar-refractivity contribution is 5.87. The number of urea groups is 1. The molecule has 1 atom stereocenters. The molecule has 2 rings (SSSR count). The van der Waals surface area contributed by atoms with Crippen LogP contribution in [-0.2, 0) is 4.79 Å². The zero-order valence-corrected chi connectivity index (χ0v) is 13.1. The summed E-state index contributed by atoms with van der Waals surface area (Å²) in [6.07, 6.45) is 0. The smallest absolute Gasteiger partial charge is 0.320 e. The van der Waals surface area contributed by atoms with E-state index in [1.807, 2.05) is 6.92 Å². The molecule has 0 saturated carbocycles. The Morgan fingerprint density at radius 1 is 1.39 bits per heavy atom. The second kappa shape index (κ2) is 6.76. The van der Waals surface area contributed by atoms with E-state index in [0.29, 0.717) is 17.7 Å². The molecular formula is C16H19F2N3O2. The van der Waals surface area contributed by atoms with Gasteiger partial charge in [0.2, 0.25) is 5.91 Å². The highest BCUT2D eigenvalue weighted by Crippen LogP contribution is 2.22. The van der Waals surface area contributed by atoms with Gasteiger partial charge in [-0.25, -0.2) is 13.6 Å². The predicted octanol–water partition coefficient (Wildman–Crippen LogP) is 2.41. The lowest BCUT2D eigenvalue weighted by Gasteiger charge is -2.24. The molecule has 0 aromatic heterocycles. The number of nitrogens with one attached hydrogen (secondary N) is 1. The van der Waals surface area contributed by atoms with E-state index in [2.05, 4.69) is 11.9 Å². The van der Waals surface area contributed by atoms with Crippen molar-refractivity contribution >= 4 is 11.9 Å². The topological polar surface area (TPSA) is 52.7 Å². The van der Waals surface area contributed by atoms with Gasteiger partial charge in [0.1, 0.15) is 6.54 Å². The first-order chi connectivity index (χ1) is 10.8. The number of likely N-dealkylation sites (N-methyl/N-ethyl adjacent to an activating group) is 1. The maximum absolute atomic E-state index is 13.4. The fraction of sp³-hybridized carbons (Fsp3) is 0.375. The largest absolute Gasteiger partial charge is 0.327 e. The minimum atomic E-state index is -0.989. The summed E-state index contributed by atoms with van der Waals surface area (Å²) in [4.78, 5) is 26.9. The molecule has 0 aliphatic carbocycles. The highest BCUT2D eigenvalue weighted by atomic mass is 19.2. The molecule has 0 bridgehead atoms. The average Bonchev–Trinajstić information content (AvgIpc) is 2.88. The molecule has 1 aliphatic rings. The molecule has 1 N–H and O–H groups in total. The molecule has 7 heteroatoms. The molecule has 1 aliphatic heterocycles. The number of benzene rings is 1. The molecule has 23 heavy (non-hydrogen) atoms. The van der Waals surface area contributed by atoms with Crippen LogP contribution in [0.1, 0.15) is 25.5 Å². The summed E-state index contributed by atoms with van der Waals surface area (Å²) in [7, 11) is 0. The average molecular weight is 323 g/mol. The van der Waals surface area contributed by atoms with Crippen molar-refractivity contribution in [3.63, 3.8) is 0 Å². The number of hydrogen-bond acceptors (Lipinski definition) is 2. The van der Waals surface area contributed by atoms with Crippen LogP contribution in [0, 0.1) is 11.6 Å². The summed E-state index contributed by atoms with van der Waals surface area (Å²) in [5.74, 6) is -2.07. The number of hydrogen-bond donors (Lipinski definition) is 1. The number of nitrogens with zero attached hydrogens (tertiary/aromatic N) is 2. The first-order valence-corrected chi connectivity index (χ1v) is 7.27. The summed E-state index contributed by atoms with van der Waals surface area (Å²) in [6.45, 7) is 8.03. The Morgan fingerprint density at radius 3 is 2.61 bits per heavy atom. The van der Waals surface area contributed by atoms with Crippen molar-refractivity contribution in [1.29, 1.82) is 0 Å². The third-order valence-corrected chi connectivity index (χ3v) is 3.73. The molecule has 124 valence electrons. The van der Waals surface area contributed by atoms with E-state index >= 15 is 0 Å². The van der Waals surface area contributed by atoms with Gasteiger partial charge in [-0.1, -0.05) is 18.2 Å². The Labute approximate surface area is 133 Å². The third kappa shape index (κ3) is 3.67. The highest BCUT2D eigenvalue weighted by Gasteiger charge is 2.31. The molecule has 5 nitrogen and oxygen atoms in total. The van der Waals surface area contributed by atoms with Crippen molar-refractivity contribution in [2.24, 2.45) is 0 Å². The molecule has 3 amide bonds. The summed E-state index contributed by atoms with van der Waals surface area (Å²) in [5.41, 5.74) is 0.963. The van der Waals surface area contributed by atoms with E-state index in [1.165, 1.54) is 11.0 Å². The minimum absolute atomic E-state index is 0.000360. The summed E-state index contributed by atoms with van der Waals surface area (Å²) >= 11 is 0. The Bertz CT molecular complexity index is 648. The fourth-order valence-corrected chi connectivity index (χ4v) is 2.41. The van der Waals surface area contributed by atoms with E-state index in [4.69, 9.17) is 0 Å².